The first-order chi connectivity index (χ1) is 8.72. The summed E-state index contributed by atoms with van der Waals surface area (Å²) in [6, 6.07) is 0.550. The topological polar surface area (TPSA) is 41.1 Å². The van der Waals surface area contributed by atoms with E-state index in [0.717, 1.165) is 37.1 Å². The molecule has 1 saturated heterocycles. The number of rotatable bonds is 4. The van der Waals surface area contributed by atoms with Gasteiger partial charge in [0.2, 0.25) is 0 Å². The van der Waals surface area contributed by atoms with E-state index in [2.05, 4.69) is 41.0 Å². The maximum absolute atomic E-state index is 4.67. The maximum Gasteiger partial charge on any atom is 0.149 e. The first-order valence-corrected chi connectivity index (χ1v) is 7.05. The van der Waals surface area contributed by atoms with Gasteiger partial charge in [-0.2, -0.15) is 0 Å². The molecule has 0 aromatic carbocycles. The molecule has 1 aliphatic rings. The molecule has 0 radical (unpaired) electrons. The van der Waals surface area contributed by atoms with E-state index in [-0.39, 0.29) is 0 Å². The molecule has 0 aliphatic carbocycles. The van der Waals surface area contributed by atoms with Gasteiger partial charge in [-0.15, -0.1) is 0 Å². The van der Waals surface area contributed by atoms with Crippen LogP contribution in [0.25, 0.3) is 0 Å². The highest BCUT2D eigenvalue weighted by atomic mass is 15.2. The fraction of sp³-hybridized carbons (Fsp3) is 0.714. The third kappa shape index (κ3) is 2.92. The van der Waals surface area contributed by atoms with Gasteiger partial charge in [0.05, 0.1) is 12.4 Å². The molecule has 0 saturated carbocycles. The van der Waals surface area contributed by atoms with Gasteiger partial charge in [-0.1, -0.05) is 13.8 Å². The number of anilines is 2. The molecule has 100 valence electrons. The first-order valence-electron chi connectivity index (χ1n) is 7.05. The molecule has 0 amide bonds. The van der Waals surface area contributed by atoms with Crippen LogP contribution in [-0.2, 0) is 0 Å². The zero-order valence-electron chi connectivity index (χ0n) is 11.7. The lowest BCUT2D eigenvalue weighted by Gasteiger charge is -2.38. The molecule has 1 aliphatic heterocycles. The van der Waals surface area contributed by atoms with Gasteiger partial charge in [0.25, 0.3) is 0 Å². The van der Waals surface area contributed by atoms with Crippen LogP contribution in [0, 0.1) is 5.92 Å². The molecular weight excluding hydrogens is 224 g/mol. The Morgan fingerprint density at radius 2 is 2.22 bits per heavy atom. The van der Waals surface area contributed by atoms with E-state index in [1.807, 2.05) is 6.20 Å². The lowest BCUT2D eigenvalue weighted by atomic mass is 9.92. The van der Waals surface area contributed by atoms with Crippen molar-refractivity contribution in [3.05, 3.63) is 12.4 Å². The van der Waals surface area contributed by atoms with E-state index in [9.17, 15) is 0 Å². The number of aromatic nitrogens is 2. The molecule has 2 atom stereocenters. The maximum atomic E-state index is 4.67. The highest BCUT2D eigenvalue weighted by molar-refractivity contribution is 5.45. The largest absolute Gasteiger partial charge is 0.369 e. The molecule has 1 aromatic heterocycles. The van der Waals surface area contributed by atoms with Crippen molar-refractivity contribution in [3.63, 3.8) is 0 Å². The third-order valence-electron chi connectivity index (χ3n) is 3.85. The quantitative estimate of drug-likeness (QED) is 0.889. The summed E-state index contributed by atoms with van der Waals surface area (Å²) in [5.74, 6) is 2.63. The number of nitrogens with one attached hydrogen (secondary N) is 1. The Labute approximate surface area is 110 Å². The number of nitrogens with zero attached hydrogens (tertiary/aromatic N) is 3. The Kier molecular flexibility index (Phi) is 4.39. The summed E-state index contributed by atoms with van der Waals surface area (Å²) in [5, 5.41) is 3.30. The Morgan fingerprint density at radius 1 is 1.39 bits per heavy atom. The molecule has 2 heterocycles. The van der Waals surface area contributed by atoms with Crippen molar-refractivity contribution in [1.82, 2.24) is 9.97 Å². The average Bonchev–Trinajstić information content (AvgIpc) is 2.40. The van der Waals surface area contributed by atoms with Gasteiger partial charge in [0.15, 0.2) is 0 Å². The highest BCUT2D eigenvalue weighted by Crippen LogP contribution is 2.27. The van der Waals surface area contributed by atoms with E-state index in [1.54, 1.807) is 6.20 Å². The SMILES string of the molecule is CCCNc1cncc(N2CCCC(C)C2C)n1. The predicted molar refractivity (Wildman–Crippen MR) is 76.0 cm³/mol. The smallest absolute Gasteiger partial charge is 0.149 e. The van der Waals surface area contributed by atoms with Gasteiger partial charge in [0.1, 0.15) is 11.6 Å². The van der Waals surface area contributed by atoms with E-state index in [0.29, 0.717) is 6.04 Å². The first kappa shape index (κ1) is 13.1. The van der Waals surface area contributed by atoms with Crippen molar-refractivity contribution >= 4 is 11.6 Å². The molecule has 1 N–H and O–H groups in total. The van der Waals surface area contributed by atoms with Crippen LogP contribution in [0.3, 0.4) is 0 Å². The van der Waals surface area contributed by atoms with E-state index >= 15 is 0 Å². The molecule has 2 unspecified atom stereocenters. The number of hydrogen-bond acceptors (Lipinski definition) is 4. The predicted octanol–water partition coefficient (Wildman–Crippen LogP) is 2.92. The fourth-order valence-electron chi connectivity index (χ4n) is 2.49. The summed E-state index contributed by atoms with van der Waals surface area (Å²) >= 11 is 0. The Hall–Kier alpha value is -1.32. The fourth-order valence-corrected chi connectivity index (χ4v) is 2.49. The van der Waals surface area contributed by atoms with Crippen LogP contribution in [0.1, 0.15) is 40.0 Å². The van der Waals surface area contributed by atoms with Crippen LogP contribution in [0.2, 0.25) is 0 Å². The minimum Gasteiger partial charge on any atom is -0.369 e. The third-order valence-corrected chi connectivity index (χ3v) is 3.85. The standard InChI is InChI=1S/C14H24N4/c1-4-7-16-13-9-15-10-14(17-13)18-8-5-6-11(2)12(18)3/h9-12H,4-8H2,1-3H3,(H,16,17). The van der Waals surface area contributed by atoms with Gasteiger partial charge >= 0.3 is 0 Å². The van der Waals surface area contributed by atoms with Crippen LogP contribution in [0.4, 0.5) is 11.6 Å². The van der Waals surface area contributed by atoms with Crippen molar-refractivity contribution in [3.8, 4) is 0 Å². The van der Waals surface area contributed by atoms with Crippen molar-refractivity contribution in [2.45, 2.75) is 46.1 Å². The molecule has 4 heteroatoms. The molecule has 18 heavy (non-hydrogen) atoms. The van der Waals surface area contributed by atoms with Crippen LogP contribution >= 0.6 is 0 Å². The lowest BCUT2D eigenvalue weighted by molar-refractivity contribution is 0.361. The van der Waals surface area contributed by atoms with Gasteiger partial charge in [-0.25, -0.2) is 4.98 Å². The van der Waals surface area contributed by atoms with Crippen molar-refractivity contribution in [2.24, 2.45) is 5.92 Å². The minimum absolute atomic E-state index is 0.550. The molecule has 2 rings (SSSR count). The number of piperidine rings is 1. The second kappa shape index (κ2) is 6.03. The van der Waals surface area contributed by atoms with Crippen molar-refractivity contribution < 1.29 is 0 Å². The normalized spacial score (nSPS) is 24.1. The lowest BCUT2D eigenvalue weighted by Crippen LogP contribution is -2.43. The molecule has 1 aromatic rings. The zero-order chi connectivity index (χ0) is 13.0. The van der Waals surface area contributed by atoms with Crippen molar-refractivity contribution in [1.29, 1.82) is 0 Å². The monoisotopic (exact) mass is 248 g/mol. The van der Waals surface area contributed by atoms with E-state index in [1.165, 1.54) is 12.8 Å². The van der Waals surface area contributed by atoms with E-state index in [4.69, 9.17) is 0 Å². The summed E-state index contributed by atoms with van der Waals surface area (Å²) < 4.78 is 0. The molecule has 1 fully saturated rings. The van der Waals surface area contributed by atoms with Gasteiger partial charge in [-0.3, -0.25) is 4.98 Å². The van der Waals surface area contributed by atoms with Crippen LogP contribution in [-0.4, -0.2) is 29.1 Å². The second-order valence-electron chi connectivity index (χ2n) is 5.24. The molecule has 4 nitrogen and oxygen atoms in total. The average molecular weight is 248 g/mol. The Bertz CT molecular complexity index is 380. The van der Waals surface area contributed by atoms with Crippen LogP contribution < -0.4 is 10.2 Å². The van der Waals surface area contributed by atoms with Crippen molar-refractivity contribution in [2.75, 3.05) is 23.3 Å². The molecule has 0 bridgehead atoms. The van der Waals surface area contributed by atoms with Gasteiger partial charge < -0.3 is 10.2 Å². The Morgan fingerprint density at radius 3 is 3.00 bits per heavy atom. The summed E-state index contributed by atoms with van der Waals surface area (Å²) in [6.45, 7) is 8.81. The highest BCUT2D eigenvalue weighted by Gasteiger charge is 2.25. The van der Waals surface area contributed by atoms with Gasteiger partial charge in [0, 0.05) is 19.1 Å². The number of hydrogen-bond donors (Lipinski definition) is 1. The Balaban J connectivity index is 2.11. The van der Waals surface area contributed by atoms with Crippen LogP contribution in [0.15, 0.2) is 12.4 Å². The summed E-state index contributed by atoms with van der Waals surface area (Å²) in [6.07, 6.45) is 7.35. The molecular formula is C14H24N4. The van der Waals surface area contributed by atoms with Gasteiger partial charge in [-0.05, 0) is 32.1 Å². The van der Waals surface area contributed by atoms with Crippen LogP contribution in [0.5, 0.6) is 0 Å². The summed E-state index contributed by atoms with van der Waals surface area (Å²) in [7, 11) is 0. The summed E-state index contributed by atoms with van der Waals surface area (Å²) in [5.41, 5.74) is 0. The van der Waals surface area contributed by atoms with E-state index < -0.39 is 0 Å². The zero-order valence-corrected chi connectivity index (χ0v) is 11.7. The molecule has 0 spiro atoms. The summed E-state index contributed by atoms with van der Waals surface area (Å²) in [4.78, 5) is 11.4. The second-order valence-corrected chi connectivity index (χ2v) is 5.24. The minimum atomic E-state index is 0.550.